The molecule has 0 aromatic carbocycles. The molecule has 0 radical (unpaired) electrons. The SMILES string of the molecule is CCCC=C(C=CCNC(=O)C1=CCCC=C1Cl)CN(C)N=Cc1ncon1. The van der Waals surface area contributed by atoms with Gasteiger partial charge in [0.15, 0.2) is 0 Å². The molecule has 0 saturated carbocycles. The molecule has 1 aliphatic rings. The van der Waals surface area contributed by atoms with Crippen LogP contribution in [0.15, 0.2) is 62.6 Å². The van der Waals surface area contributed by atoms with Crippen molar-refractivity contribution in [2.75, 3.05) is 20.1 Å². The van der Waals surface area contributed by atoms with Crippen LogP contribution in [0.2, 0.25) is 0 Å². The summed E-state index contributed by atoms with van der Waals surface area (Å²) in [6.07, 6.45) is 16.4. The van der Waals surface area contributed by atoms with Crippen LogP contribution in [0.1, 0.15) is 38.4 Å². The average molecular weight is 404 g/mol. The number of likely N-dealkylation sites (N-methyl/N-ethyl adjacent to an activating group) is 1. The van der Waals surface area contributed by atoms with E-state index in [1.165, 1.54) is 6.39 Å². The van der Waals surface area contributed by atoms with Crippen LogP contribution in [0.5, 0.6) is 0 Å². The number of hydrogen-bond acceptors (Lipinski definition) is 6. The first-order valence-electron chi connectivity index (χ1n) is 9.31. The lowest BCUT2D eigenvalue weighted by molar-refractivity contribution is -0.117. The van der Waals surface area contributed by atoms with Gasteiger partial charge in [0.05, 0.1) is 18.3 Å². The summed E-state index contributed by atoms with van der Waals surface area (Å²) in [5, 5.41) is 13.2. The van der Waals surface area contributed by atoms with Gasteiger partial charge in [0.1, 0.15) is 0 Å². The summed E-state index contributed by atoms with van der Waals surface area (Å²) in [4.78, 5) is 16.1. The van der Waals surface area contributed by atoms with Crippen LogP contribution in [0.3, 0.4) is 0 Å². The lowest BCUT2D eigenvalue weighted by Crippen LogP contribution is -2.25. The van der Waals surface area contributed by atoms with E-state index in [2.05, 4.69) is 38.1 Å². The van der Waals surface area contributed by atoms with E-state index in [0.717, 1.165) is 31.3 Å². The highest BCUT2D eigenvalue weighted by Gasteiger charge is 2.13. The molecule has 1 aromatic rings. The minimum atomic E-state index is -0.147. The van der Waals surface area contributed by atoms with E-state index in [1.54, 1.807) is 11.2 Å². The van der Waals surface area contributed by atoms with Gasteiger partial charge in [-0.1, -0.05) is 60.5 Å². The number of carbonyl (C=O) groups is 1. The second kappa shape index (κ2) is 11.9. The molecule has 1 aliphatic carbocycles. The molecule has 8 heteroatoms. The summed E-state index contributed by atoms with van der Waals surface area (Å²) in [5.41, 5.74) is 1.66. The highest BCUT2D eigenvalue weighted by atomic mass is 35.5. The number of unbranched alkanes of at least 4 members (excludes halogenated alkanes) is 1. The fourth-order valence-electron chi connectivity index (χ4n) is 2.51. The molecule has 7 nitrogen and oxygen atoms in total. The molecule has 1 heterocycles. The number of amides is 1. The van der Waals surface area contributed by atoms with Gasteiger partial charge in [-0.2, -0.15) is 10.1 Å². The highest BCUT2D eigenvalue weighted by Crippen LogP contribution is 2.21. The minimum absolute atomic E-state index is 0.147. The fourth-order valence-corrected chi connectivity index (χ4v) is 2.78. The number of halogens is 1. The lowest BCUT2D eigenvalue weighted by atomic mass is 10.1. The maximum atomic E-state index is 12.2. The van der Waals surface area contributed by atoms with Crippen LogP contribution < -0.4 is 5.32 Å². The molecule has 2 rings (SSSR count). The van der Waals surface area contributed by atoms with Crippen LogP contribution in [0, 0.1) is 0 Å². The van der Waals surface area contributed by atoms with Gasteiger partial charge in [0, 0.05) is 18.6 Å². The molecule has 1 aromatic heterocycles. The molecule has 28 heavy (non-hydrogen) atoms. The first-order valence-corrected chi connectivity index (χ1v) is 9.69. The Labute approximate surface area is 170 Å². The van der Waals surface area contributed by atoms with E-state index >= 15 is 0 Å². The summed E-state index contributed by atoms with van der Waals surface area (Å²) in [7, 11) is 1.87. The predicted octanol–water partition coefficient (Wildman–Crippen LogP) is 3.58. The first-order chi connectivity index (χ1) is 13.6. The third-order valence-corrected chi connectivity index (χ3v) is 4.27. The van der Waals surface area contributed by atoms with Gasteiger partial charge in [-0.05, 0) is 24.8 Å². The molecule has 0 spiro atoms. The van der Waals surface area contributed by atoms with Crippen LogP contribution in [-0.4, -0.2) is 47.4 Å². The predicted molar refractivity (Wildman–Crippen MR) is 111 cm³/mol. The van der Waals surface area contributed by atoms with Gasteiger partial charge in [-0.3, -0.25) is 9.80 Å². The van der Waals surface area contributed by atoms with Crippen molar-refractivity contribution in [3.8, 4) is 0 Å². The van der Waals surface area contributed by atoms with E-state index < -0.39 is 0 Å². The molecule has 1 N–H and O–H groups in total. The first kappa shape index (κ1) is 21.6. The number of aromatic nitrogens is 2. The van der Waals surface area contributed by atoms with Crippen LogP contribution in [-0.2, 0) is 4.79 Å². The summed E-state index contributed by atoms with van der Waals surface area (Å²) in [6.45, 7) is 3.18. The van der Waals surface area contributed by atoms with Crippen LogP contribution >= 0.6 is 11.6 Å². The maximum absolute atomic E-state index is 12.2. The number of nitrogens with one attached hydrogen (secondary N) is 1. The molecule has 0 aliphatic heterocycles. The van der Waals surface area contributed by atoms with Crippen molar-refractivity contribution in [1.82, 2.24) is 20.5 Å². The number of allylic oxidation sites excluding steroid dienone is 3. The zero-order valence-electron chi connectivity index (χ0n) is 16.3. The van der Waals surface area contributed by atoms with Gasteiger partial charge < -0.3 is 9.84 Å². The monoisotopic (exact) mass is 403 g/mol. The Bertz CT molecular complexity index is 779. The van der Waals surface area contributed by atoms with Crippen LogP contribution in [0.4, 0.5) is 0 Å². The summed E-state index contributed by atoms with van der Waals surface area (Å²) in [6, 6.07) is 0. The second-order valence-corrected chi connectivity index (χ2v) is 6.68. The molecular weight excluding hydrogens is 378 g/mol. The third kappa shape index (κ3) is 7.52. The van der Waals surface area contributed by atoms with Crippen LogP contribution in [0.25, 0.3) is 0 Å². The molecule has 1 amide bonds. The Kier molecular flexibility index (Phi) is 9.21. The van der Waals surface area contributed by atoms with Crippen molar-refractivity contribution in [1.29, 1.82) is 0 Å². The number of nitrogens with zero attached hydrogens (tertiary/aromatic N) is 4. The lowest BCUT2D eigenvalue weighted by Gasteiger charge is -2.13. The van der Waals surface area contributed by atoms with Gasteiger partial charge in [-0.15, -0.1) is 0 Å². The molecule has 0 bridgehead atoms. The average Bonchev–Trinajstić information content (AvgIpc) is 3.21. The fraction of sp³-hybridized carbons (Fsp3) is 0.400. The minimum Gasteiger partial charge on any atom is -0.349 e. The topological polar surface area (TPSA) is 83.6 Å². The number of carbonyl (C=O) groups excluding carboxylic acids is 1. The molecule has 150 valence electrons. The molecule has 0 atom stereocenters. The van der Waals surface area contributed by atoms with E-state index in [4.69, 9.17) is 11.6 Å². The summed E-state index contributed by atoms with van der Waals surface area (Å²) < 4.78 is 4.67. The van der Waals surface area contributed by atoms with E-state index in [-0.39, 0.29) is 5.91 Å². The van der Waals surface area contributed by atoms with Crippen molar-refractivity contribution in [3.05, 3.63) is 58.8 Å². The Hall–Kier alpha value is -2.67. The van der Waals surface area contributed by atoms with Crippen molar-refractivity contribution >= 4 is 23.7 Å². The van der Waals surface area contributed by atoms with Crippen molar-refractivity contribution in [2.24, 2.45) is 5.10 Å². The zero-order chi connectivity index (χ0) is 20.2. The summed E-state index contributed by atoms with van der Waals surface area (Å²) >= 11 is 6.09. The second-order valence-electron chi connectivity index (χ2n) is 6.28. The van der Waals surface area contributed by atoms with Crippen molar-refractivity contribution < 1.29 is 9.32 Å². The number of rotatable bonds is 10. The van der Waals surface area contributed by atoms with Crippen molar-refractivity contribution in [2.45, 2.75) is 32.6 Å². The molecule has 0 unspecified atom stereocenters. The maximum Gasteiger partial charge on any atom is 0.252 e. The Balaban J connectivity index is 1.86. The Morgan fingerprint density at radius 2 is 2.25 bits per heavy atom. The zero-order valence-corrected chi connectivity index (χ0v) is 17.0. The van der Waals surface area contributed by atoms with Gasteiger partial charge in [0.2, 0.25) is 12.2 Å². The molecular formula is C20H26ClN5O2. The highest BCUT2D eigenvalue weighted by molar-refractivity contribution is 6.35. The van der Waals surface area contributed by atoms with Gasteiger partial charge >= 0.3 is 0 Å². The van der Waals surface area contributed by atoms with E-state index in [1.807, 2.05) is 31.4 Å². The summed E-state index contributed by atoms with van der Waals surface area (Å²) in [5.74, 6) is 0.278. The van der Waals surface area contributed by atoms with Gasteiger partial charge in [-0.25, -0.2) is 0 Å². The Morgan fingerprint density at radius 3 is 2.96 bits per heavy atom. The number of hydrazone groups is 1. The molecule has 0 saturated heterocycles. The van der Waals surface area contributed by atoms with E-state index in [0.29, 0.717) is 29.5 Å². The third-order valence-electron chi connectivity index (χ3n) is 3.91. The van der Waals surface area contributed by atoms with Crippen molar-refractivity contribution in [3.63, 3.8) is 0 Å². The standard InChI is InChI=1S/C20H26ClN5O2/c1-3-4-8-16(14-26(2)24-13-19-23-15-28-25-19)9-7-12-22-20(27)17-10-5-6-11-18(17)21/h7-11,13,15H,3-6,12,14H2,1-2H3,(H,22,27). The van der Waals surface area contributed by atoms with Gasteiger partial charge in [0.25, 0.3) is 5.91 Å². The normalized spacial score (nSPS) is 15.0. The Morgan fingerprint density at radius 1 is 1.43 bits per heavy atom. The van der Waals surface area contributed by atoms with E-state index in [9.17, 15) is 4.79 Å². The quantitative estimate of drug-likeness (QED) is 0.366. The molecule has 0 fully saturated rings. The smallest absolute Gasteiger partial charge is 0.252 e. The largest absolute Gasteiger partial charge is 0.349 e. The number of hydrogen-bond donors (Lipinski definition) is 1.